The van der Waals surface area contributed by atoms with Crippen LogP contribution in [0.15, 0.2) is 23.1 Å². The van der Waals surface area contributed by atoms with Gasteiger partial charge in [-0.25, -0.2) is 13.1 Å². The fourth-order valence-corrected chi connectivity index (χ4v) is 3.37. The Morgan fingerprint density at radius 3 is 2.53 bits per heavy atom. The van der Waals surface area contributed by atoms with Gasteiger partial charge in [0.2, 0.25) is 15.9 Å². The Kier molecular flexibility index (Phi) is 3.62. The molecule has 0 aliphatic heterocycles. The van der Waals surface area contributed by atoms with Crippen LogP contribution in [0.5, 0.6) is 0 Å². The van der Waals surface area contributed by atoms with Crippen LogP contribution in [0.3, 0.4) is 0 Å². The average Bonchev–Trinajstić information content (AvgIpc) is 2.26. The van der Waals surface area contributed by atoms with Crippen molar-refractivity contribution in [2.45, 2.75) is 36.7 Å². The number of carbonyl (C=O) groups excluding carboxylic acids is 1. The zero-order valence-electron chi connectivity index (χ0n) is 10.6. The molecule has 6 nitrogen and oxygen atoms in total. The topological polar surface area (TPSA) is 115 Å². The Morgan fingerprint density at radius 1 is 1.37 bits per heavy atom. The molecule has 1 fully saturated rings. The third kappa shape index (κ3) is 2.94. The van der Waals surface area contributed by atoms with Crippen LogP contribution in [0.2, 0.25) is 0 Å². The number of rotatable bonds is 4. The van der Waals surface area contributed by atoms with Gasteiger partial charge in [-0.15, -0.1) is 0 Å². The third-order valence-electron chi connectivity index (χ3n) is 3.28. The highest BCUT2D eigenvalue weighted by Gasteiger charge is 2.30. The van der Waals surface area contributed by atoms with E-state index in [1.54, 1.807) is 13.0 Å². The van der Waals surface area contributed by atoms with E-state index in [-0.39, 0.29) is 22.5 Å². The molecule has 5 N–H and O–H groups in total. The van der Waals surface area contributed by atoms with Gasteiger partial charge in [-0.1, -0.05) is 6.07 Å². The molecule has 19 heavy (non-hydrogen) atoms. The third-order valence-corrected chi connectivity index (χ3v) is 4.80. The molecule has 0 heterocycles. The fourth-order valence-electron chi connectivity index (χ4n) is 2.08. The van der Waals surface area contributed by atoms with Gasteiger partial charge in [0.1, 0.15) is 0 Å². The van der Waals surface area contributed by atoms with E-state index in [2.05, 4.69) is 4.72 Å². The molecule has 7 heteroatoms. The molecule has 104 valence electrons. The van der Waals surface area contributed by atoms with Gasteiger partial charge in [-0.3, -0.25) is 4.79 Å². The maximum absolute atomic E-state index is 12.1. The van der Waals surface area contributed by atoms with Crippen LogP contribution in [0.1, 0.15) is 28.8 Å². The van der Waals surface area contributed by atoms with E-state index in [1.807, 2.05) is 0 Å². The van der Waals surface area contributed by atoms with Crippen LogP contribution in [0.25, 0.3) is 0 Å². The summed E-state index contributed by atoms with van der Waals surface area (Å²) in [4.78, 5) is 11.3. The maximum Gasteiger partial charge on any atom is 0.249 e. The molecular weight excluding hydrogens is 266 g/mol. The van der Waals surface area contributed by atoms with Gasteiger partial charge >= 0.3 is 0 Å². The standard InChI is InChI=1S/C12H17N3O3S/c1-7-2-3-10(6-11(7)12(14)16)19(17,18)15-9-4-8(13)5-9/h2-3,6,8-9,15H,4-5,13H2,1H3,(H2,14,16). The smallest absolute Gasteiger partial charge is 0.249 e. The molecule has 0 spiro atoms. The van der Waals surface area contributed by atoms with E-state index in [4.69, 9.17) is 11.5 Å². The van der Waals surface area contributed by atoms with Crippen molar-refractivity contribution in [2.24, 2.45) is 11.5 Å². The molecule has 1 aliphatic carbocycles. The monoisotopic (exact) mass is 283 g/mol. The van der Waals surface area contributed by atoms with Gasteiger partial charge in [0.25, 0.3) is 0 Å². The van der Waals surface area contributed by atoms with E-state index in [0.29, 0.717) is 18.4 Å². The number of nitrogens with two attached hydrogens (primary N) is 2. The van der Waals surface area contributed by atoms with Crippen molar-refractivity contribution in [1.29, 1.82) is 0 Å². The molecule has 1 saturated carbocycles. The summed E-state index contributed by atoms with van der Waals surface area (Å²) in [5, 5.41) is 0. The lowest BCUT2D eigenvalue weighted by atomic mass is 9.89. The SMILES string of the molecule is Cc1ccc(S(=O)(=O)NC2CC(N)C2)cc1C(N)=O. The van der Waals surface area contributed by atoms with Gasteiger partial charge in [-0.2, -0.15) is 0 Å². The molecule has 1 amide bonds. The second-order valence-electron chi connectivity index (χ2n) is 4.89. The zero-order chi connectivity index (χ0) is 14.2. The number of amides is 1. The highest BCUT2D eigenvalue weighted by atomic mass is 32.2. The second kappa shape index (κ2) is 4.92. The molecule has 0 atom stereocenters. The summed E-state index contributed by atoms with van der Waals surface area (Å²) in [6.45, 7) is 1.70. The Hall–Kier alpha value is -1.44. The molecule has 1 aromatic carbocycles. The van der Waals surface area contributed by atoms with Gasteiger partial charge in [0, 0.05) is 17.6 Å². The van der Waals surface area contributed by atoms with Crippen LogP contribution in [-0.4, -0.2) is 26.4 Å². The van der Waals surface area contributed by atoms with E-state index in [9.17, 15) is 13.2 Å². The number of primary amides is 1. The minimum atomic E-state index is -3.63. The Morgan fingerprint density at radius 2 is 2.00 bits per heavy atom. The van der Waals surface area contributed by atoms with Gasteiger partial charge in [0.05, 0.1) is 4.90 Å². The van der Waals surface area contributed by atoms with Crippen molar-refractivity contribution in [1.82, 2.24) is 4.72 Å². The van der Waals surface area contributed by atoms with Crippen LogP contribution in [0, 0.1) is 6.92 Å². The summed E-state index contributed by atoms with van der Waals surface area (Å²) in [6, 6.07) is 4.27. The summed E-state index contributed by atoms with van der Waals surface area (Å²) in [7, 11) is -3.63. The van der Waals surface area contributed by atoms with E-state index in [0.717, 1.165) is 0 Å². The number of hydrogen-bond acceptors (Lipinski definition) is 4. The lowest BCUT2D eigenvalue weighted by Gasteiger charge is -2.32. The van der Waals surface area contributed by atoms with Crippen molar-refractivity contribution in [3.63, 3.8) is 0 Å². The van der Waals surface area contributed by atoms with Crippen molar-refractivity contribution in [3.05, 3.63) is 29.3 Å². The van der Waals surface area contributed by atoms with Crippen molar-refractivity contribution < 1.29 is 13.2 Å². The highest BCUT2D eigenvalue weighted by Crippen LogP contribution is 2.21. The zero-order valence-corrected chi connectivity index (χ0v) is 11.4. The molecule has 1 aromatic rings. The maximum atomic E-state index is 12.1. The summed E-state index contributed by atoms with van der Waals surface area (Å²) in [5.41, 5.74) is 11.7. The van der Waals surface area contributed by atoms with Crippen molar-refractivity contribution >= 4 is 15.9 Å². The fraction of sp³-hybridized carbons (Fsp3) is 0.417. The normalized spacial score (nSPS) is 22.8. The van der Waals surface area contributed by atoms with Crippen molar-refractivity contribution in [2.75, 3.05) is 0 Å². The quantitative estimate of drug-likeness (QED) is 0.713. The predicted molar refractivity (Wildman–Crippen MR) is 71.0 cm³/mol. The first-order chi connectivity index (χ1) is 8.79. The predicted octanol–water partition coefficient (Wildman–Crippen LogP) is -0.138. The molecular formula is C12H17N3O3S. The van der Waals surface area contributed by atoms with Gasteiger partial charge in [-0.05, 0) is 37.5 Å². The first kappa shape index (κ1) is 14.0. The Balaban J connectivity index is 2.25. The largest absolute Gasteiger partial charge is 0.366 e. The van der Waals surface area contributed by atoms with Gasteiger partial charge < -0.3 is 11.5 Å². The highest BCUT2D eigenvalue weighted by molar-refractivity contribution is 7.89. The van der Waals surface area contributed by atoms with Crippen LogP contribution >= 0.6 is 0 Å². The molecule has 2 rings (SSSR count). The van der Waals surface area contributed by atoms with Crippen molar-refractivity contribution in [3.8, 4) is 0 Å². The summed E-state index contributed by atoms with van der Waals surface area (Å²) >= 11 is 0. The minimum Gasteiger partial charge on any atom is -0.366 e. The number of aryl methyl sites for hydroxylation is 1. The molecule has 0 radical (unpaired) electrons. The molecule has 0 unspecified atom stereocenters. The summed E-state index contributed by atoms with van der Waals surface area (Å²) < 4.78 is 26.8. The van der Waals surface area contributed by atoms with E-state index in [1.165, 1.54) is 12.1 Å². The second-order valence-corrected chi connectivity index (χ2v) is 6.60. The number of hydrogen-bond donors (Lipinski definition) is 3. The average molecular weight is 283 g/mol. The number of carbonyl (C=O) groups is 1. The first-order valence-corrected chi connectivity index (χ1v) is 7.46. The Labute approximate surface area is 112 Å². The molecule has 0 bridgehead atoms. The minimum absolute atomic E-state index is 0.0485. The lowest BCUT2D eigenvalue weighted by Crippen LogP contribution is -2.50. The first-order valence-electron chi connectivity index (χ1n) is 5.98. The summed E-state index contributed by atoms with van der Waals surface area (Å²) in [6.07, 6.45) is 1.27. The van der Waals surface area contributed by atoms with Crippen LogP contribution in [0.4, 0.5) is 0 Å². The van der Waals surface area contributed by atoms with E-state index < -0.39 is 15.9 Å². The lowest BCUT2D eigenvalue weighted by molar-refractivity contribution is 0.0999. The van der Waals surface area contributed by atoms with E-state index >= 15 is 0 Å². The number of benzene rings is 1. The number of nitrogens with one attached hydrogen (secondary N) is 1. The Bertz CT molecular complexity index is 607. The van der Waals surface area contributed by atoms with Crippen LogP contribution in [-0.2, 0) is 10.0 Å². The molecule has 1 aliphatic rings. The molecule has 0 aromatic heterocycles. The van der Waals surface area contributed by atoms with Gasteiger partial charge in [0.15, 0.2) is 0 Å². The molecule has 0 saturated heterocycles. The van der Waals surface area contributed by atoms with Crippen LogP contribution < -0.4 is 16.2 Å². The summed E-state index contributed by atoms with van der Waals surface area (Å²) in [5.74, 6) is -0.639. The number of sulfonamides is 1.